The minimum Gasteiger partial charge on any atom is -0.350 e. The second kappa shape index (κ2) is 9.20. The first-order chi connectivity index (χ1) is 16.3. The lowest BCUT2D eigenvalue weighted by Gasteiger charge is -2.62. The molecule has 34 heavy (non-hydrogen) atoms. The smallest absolute Gasteiger partial charge is 0.221 e. The second-order valence-corrected chi connectivity index (χ2v) is 11.7. The van der Waals surface area contributed by atoms with Gasteiger partial charge in [-0.05, 0) is 86.2 Å². The van der Waals surface area contributed by atoms with Crippen molar-refractivity contribution in [2.75, 3.05) is 0 Å². The summed E-state index contributed by atoms with van der Waals surface area (Å²) in [4.78, 5) is 26.3. The predicted molar refractivity (Wildman–Crippen MR) is 135 cm³/mol. The van der Waals surface area contributed by atoms with E-state index in [1.165, 1.54) is 6.42 Å². The maximum absolute atomic E-state index is 13.1. The average molecular weight is 459 g/mol. The van der Waals surface area contributed by atoms with Crippen LogP contribution < -0.4 is 10.6 Å². The van der Waals surface area contributed by atoms with E-state index in [1.807, 2.05) is 36.4 Å². The Morgan fingerprint density at radius 3 is 1.50 bits per heavy atom. The molecule has 4 saturated carbocycles. The van der Waals surface area contributed by atoms with Crippen LogP contribution in [0.1, 0.15) is 88.4 Å². The molecule has 4 fully saturated rings. The summed E-state index contributed by atoms with van der Waals surface area (Å²) in [6, 6.07) is 20.4. The Morgan fingerprint density at radius 1 is 0.735 bits per heavy atom. The standard InChI is InChI=1S/C30H38N2O2/c1-21(25-9-5-3-6-10-25)31-27(33)18-29-14-23-13-24(15-29)17-30(16-23,20-29)19-28(34)32-22(2)26-11-7-4-8-12-26/h3-12,21-24H,13-20H2,1-2H3,(H,31,33)(H,32,34)/t21-,22-,23?,24?,29?,30?/m0/s1. The van der Waals surface area contributed by atoms with Crippen molar-refractivity contribution in [3.8, 4) is 0 Å². The SMILES string of the molecule is C[C@H](NC(=O)CC12CC3CC(C1)CC(CC(=O)N[C@@H](C)c1ccccc1)(C3)C2)c1ccccc1. The fourth-order valence-corrected chi connectivity index (χ4v) is 7.98. The zero-order valence-electron chi connectivity index (χ0n) is 20.6. The highest BCUT2D eigenvalue weighted by molar-refractivity contribution is 5.78. The third-order valence-corrected chi connectivity index (χ3v) is 8.73. The van der Waals surface area contributed by atoms with E-state index in [9.17, 15) is 9.59 Å². The molecule has 4 aliphatic carbocycles. The van der Waals surface area contributed by atoms with Crippen LogP contribution in [0.4, 0.5) is 0 Å². The van der Waals surface area contributed by atoms with Crippen molar-refractivity contribution in [2.45, 2.75) is 77.3 Å². The van der Waals surface area contributed by atoms with Crippen LogP contribution in [0, 0.1) is 22.7 Å². The maximum atomic E-state index is 13.1. The minimum atomic E-state index is 0.0156. The molecule has 0 aromatic heterocycles. The van der Waals surface area contributed by atoms with Gasteiger partial charge in [-0.3, -0.25) is 9.59 Å². The first-order valence-corrected chi connectivity index (χ1v) is 13.0. The molecule has 2 aromatic carbocycles. The van der Waals surface area contributed by atoms with Crippen LogP contribution in [-0.2, 0) is 9.59 Å². The first kappa shape index (κ1) is 23.1. The second-order valence-electron chi connectivity index (χ2n) is 11.7. The van der Waals surface area contributed by atoms with E-state index in [1.54, 1.807) is 0 Å². The molecule has 0 saturated heterocycles. The summed E-state index contributed by atoms with van der Waals surface area (Å²) in [6.07, 6.45) is 8.12. The zero-order valence-corrected chi connectivity index (χ0v) is 20.6. The van der Waals surface area contributed by atoms with Gasteiger partial charge in [0, 0.05) is 12.8 Å². The number of amides is 2. The summed E-state index contributed by atoms with van der Waals surface area (Å²) in [5.41, 5.74) is 2.41. The van der Waals surface area contributed by atoms with Gasteiger partial charge in [0.05, 0.1) is 12.1 Å². The number of hydrogen-bond acceptors (Lipinski definition) is 2. The average Bonchev–Trinajstić information content (AvgIpc) is 2.78. The fraction of sp³-hybridized carbons (Fsp3) is 0.533. The third-order valence-electron chi connectivity index (χ3n) is 8.73. The molecule has 0 spiro atoms. The van der Waals surface area contributed by atoms with Crippen molar-refractivity contribution >= 4 is 11.8 Å². The van der Waals surface area contributed by atoms with Gasteiger partial charge in [0.15, 0.2) is 0 Å². The number of benzene rings is 2. The first-order valence-electron chi connectivity index (χ1n) is 13.0. The Morgan fingerprint density at radius 2 is 1.12 bits per heavy atom. The molecule has 0 unspecified atom stereocenters. The lowest BCUT2D eigenvalue weighted by atomic mass is 9.43. The normalized spacial score (nSPS) is 31.0. The molecule has 0 radical (unpaired) electrons. The lowest BCUT2D eigenvalue weighted by molar-refractivity contribution is -0.146. The molecule has 4 nitrogen and oxygen atoms in total. The van der Waals surface area contributed by atoms with E-state index in [0.717, 1.165) is 43.2 Å². The number of carbonyl (C=O) groups excluding carboxylic acids is 2. The summed E-state index contributed by atoms with van der Waals surface area (Å²) in [5.74, 6) is 1.66. The maximum Gasteiger partial charge on any atom is 0.221 e. The van der Waals surface area contributed by atoms with Gasteiger partial charge in [0.1, 0.15) is 0 Å². The summed E-state index contributed by atoms with van der Waals surface area (Å²) in [6.45, 7) is 4.12. The van der Waals surface area contributed by atoms with Crippen LogP contribution in [0.25, 0.3) is 0 Å². The van der Waals surface area contributed by atoms with Gasteiger partial charge < -0.3 is 10.6 Å². The predicted octanol–water partition coefficient (Wildman–Crippen LogP) is 6.11. The van der Waals surface area contributed by atoms with Crippen LogP contribution in [0.15, 0.2) is 60.7 Å². The van der Waals surface area contributed by atoms with E-state index in [4.69, 9.17) is 0 Å². The molecule has 2 aromatic rings. The van der Waals surface area contributed by atoms with Crippen LogP contribution in [0.5, 0.6) is 0 Å². The highest BCUT2D eigenvalue weighted by Gasteiger charge is 2.58. The van der Waals surface area contributed by atoms with Crippen molar-refractivity contribution in [1.29, 1.82) is 0 Å². The number of carbonyl (C=O) groups is 2. The Kier molecular flexibility index (Phi) is 6.26. The Hall–Kier alpha value is -2.62. The Balaban J connectivity index is 1.24. The summed E-state index contributed by atoms with van der Waals surface area (Å²) >= 11 is 0. The molecule has 180 valence electrons. The summed E-state index contributed by atoms with van der Waals surface area (Å²) < 4.78 is 0. The van der Waals surface area contributed by atoms with E-state index in [0.29, 0.717) is 24.7 Å². The molecule has 0 aliphatic heterocycles. The number of rotatable bonds is 8. The van der Waals surface area contributed by atoms with Gasteiger partial charge in [-0.25, -0.2) is 0 Å². The molecule has 2 amide bonds. The zero-order chi connectivity index (χ0) is 23.8. The van der Waals surface area contributed by atoms with Gasteiger partial charge in [-0.2, -0.15) is 0 Å². The topological polar surface area (TPSA) is 58.2 Å². The largest absolute Gasteiger partial charge is 0.350 e. The molecular formula is C30H38N2O2. The van der Waals surface area contributed by atoms with Crippen molar-refractivity contribution in [3.63, 3.8) is 0 Å². The van der Waals surface area contributed by atoms with Crippen LogP contribution in [0.3, 0.4) is 0 Å². The van der Waals surface area contributed by atoms with Gasteiger partial charge in [0.2, 0.25) is 11.8 Å². The fourth-order valence-electron chi connectivity index (χ4n) is 7.98. The molecule has 2 N–H and O–H groups in total. The quantitative estimate of drug-likeness (QED) is 0.501. The van der Waals surface area contributed by atoms with Crippen LogP contribution >= 0.6 is 0 Å². The summed E-state index contributed by atoms with van der Waals surface area (Å²) in [7, 11) is 0. The lowest BCUT2D eigenvalue weighted by Crippen LogP contribution is -2.54. The molecular weight excluding hydrogens is 420 g/mol. The van der Waals surface area contributed by atoms with Gasteiger partial charge >= 0.3 is 0 Å². The van der Waals surface area contributed by atoms with Gasteiger partial charge in [-0.15, -0.1) is 0 Å². The third kappa shape index (κ3) is 4.92. The van der Waals surface area contributed by atoms with Crippen LogP contribution in [0.2, 0.25) is 0 Å². The molecule has 2 atom stereocenters. The van der Waals surface area contributed by atoms with E-state index >= 15 is 0 Å². The molecule has 4 bridgehead atoms. The Labute approximate surface area is 203 Å². The molecule has 4 heteroatoms. The number of hydrogen-bond donors (Lipinski definition) is 2. The molecule has 6 rings (SSSR count). The van der Waals surface area contributed by atoms with Gasteiger partial charge in [-0.1, -0.05) is 60.7 Å². The van der Waals surface area contributed by atoms with Crippen molar-refractivity contribution < 1.29 is 9.59 Å². The van der Waals surface area contributed by atoms with Crippen molar-refractivity contribution in [2.24, 2.45) is 22.7 Å². The highest BCUT2D eigenvalue weighted by atomic mass is 16.2. The van der Waals surface area contributed by atoms with Crippen LogP contribution in [-0.4, -0.2) is 11.8 Å². The summed E-state index contributed by atoms with van der Waals surface area (Å²) in [5, 5.41) is 6.50. The van der Waals surface area contributed by atoms with Crippen molar-refractivity contribution in [3.05, 3.63) is 71.8 Å². The number of nitrogens with one attached hydrogen (secondary N) is 2. The molecule has 0 heterocycles. The highest BCUT2D eigenvalue weighted by Crippen LogP contribution is 2.67. The van der Waals surface area contributed by atoms with E-state index < -0.39 is 0 Å². The van der Waals surface area contributed by atoms with E-state index in [-0.39, 0.29) is 34.7 Å². The van der Waals surface area contributed by atoms with Crippen molar-refractivity contribution in [1.82, 2.24) is 10.6 Å². The molecule has 4 aliphatic rings. The van der Waals surface area contributed by atoms with E-state index in [2.05, 4.69) is 48.7 Å². The Bertz CT molecular complexity index is 925. The monoisotopic (exact) mass is 458 g/mol. The van der Waals surface area contributed by atoms with Gasteiger partial charge in [0.25, 0.3) is 0 Å². The minimum absolute atomic E-state index is 0.0156.